The minimum Gasteiger partial charge on any atom is -0.385 e. The number of imidazole rings is 1. The fraction of sp³-hybridized carbons (Fsp3) is 0.267. The van der Waals surface area contributed by atoms with Gasteiger partial charge in [-0.25, -0.2) is 13.4 Å². The van der Waals surface area contributed by atoms with Crippen LogP contribution in [0.25, 0.3) is 0 Å². The molecule has 10 heteroatoms. The Labute approximate surface area is 161 Å². The van der Waals surface area contributed by atoms with Crippen LogP contribution in [0.4, 0.5) is 0 Å². The molecule has 0 bridgehead atoms. The van der Waals surface area contributed by atoms with E-state index in [1.807, 2.05) is 6.92 Å². The molecule has 0 radical (unpaired) electrons. The second-order valence-corrected chi connectivity index (χ2v) is 8.86. The molecule has 0 unspecified atom stereocenters. The molecule has 6 nitrogen and oxygen atoms in total. The zero-order valence-corrected chi connectivity index (χ0v) is 16.6. The molecule has 0 saturated carbocycles. The van der Waals surface area contributed by atoms with E-state index in [1.165, 1.54) is 18.2 Å². The number of aromatic nitrogens is 2. The molecule has 0 spiro atoms. The molecule has 4 N–H and O–H groups in total. The van der Waals surface area contributed by atoms with Gasteiger partial charge in [-0.2, -0.15) is 11.8 Å². The highest BCUT2D eigenvalue weighted by atomic mass is 35.5. The van der Waals surface area contributed by atoms with Crippen LogP contribution in [-0.4, -0.2) is 30.7 Å². The molecule has 136 valence electrons. The zero-order chi connectivity index (χ0) is 18.4. The molecule has 1 aromatic carbocycles. The first-order chi connectivity index (χ1) is 11.8. The largest absolute Gasteiger partial charge is 0.385 e. The highest BCUT2D eigenvalue weighted by Gasteiger charge is 2.14. The molecule has 25 heavy (non-hydrogen) atoms. The Kier molecular flexibility index (Phi) is 7.06. The zero-order valence-electron chi connectivity index (χ0n) is 13.4. The van der Waals surface area contributed by atoms with Crippen LogP contribution in [0.3, 0.4) is 0 Å². The number of halogens is 2. The van der Waals surface area contributed by atoms with E-state index in [2.05, 4.69) is 15.3 Å². The van der Waals surface area contributed by atoms with Crippen LogP contribution in [0.15, 0.2) is 40.7 Å². The fourth-order valence-electron chi connectivity index (χ4n) is 1.90. The standard InChI is InChI=1S/C15H18Cl2N4O2S2/c1-10-14(21-9-20-10)7-24-5-4-19-15(18)8-25(22,23)11-2-3-12(16)13(17)6-11/h2-3,6,8-9,19H,4-5,7,18H2,1H3,(H,20,21). The van der Waals surface area contributed by atoms with E-state index in [0.29, 0.717) is 11.6 Å². The SMILES string of the molecule is Cc1[nH]cnc1CSCCNC(N)=CS(=O)(=O)c1ccc(Cl)c(Cl)c1. The van der Waals surface area contributed by atoms with Gasteiger partial charge >= 0.3 is 0 Å². The lowest BCUT2D eigenvalue weighted by molar-refractivity contribution is 0.604. The average Bonchev–Trinajstić information content (AvgIpc) is 2.94. The Morgan fingerprint density at radius 2 is 2.16 bits per heavy atom. The second kappa shape index (κ2) is 8.84. The van der Waals surface area contributed by atoms with E-state index in [4.69, 9.17) is 28.9 Å². The van der Waals surface area contributed by atoms with Crippen molar-refractivity contribution < 1.29 is 8.42 Å². The number of nitrogens with one attached hydrogen (secondary N) is 2. The third kappa shape index (κ3) is 5.85. The van der Waals surface area contributed by atoms with Gasteiger partial charge in [-0.3, -0.25) is 0 Å². The van der Waals surface area contributed by atoms with Gasteiger partial charge in [0, 0.05) is 23.7 Å². The lowest BCUT2D eigenvalue weighted by atomic mass is 10.4. The first kappa shape index (κ1) is 20.0. The van der Waals surface area contributed by atoms with Gasteiger partial charge in [-0.1, -0.05) is 23.2 Å². The number of nitrogens with zero attached hydrogens (tertiary/aromatic N) is 1. The van der Waals surface area contributed by atoms with Crippen molar-refractivity contribution in [3.05, 3.63) is 57.2 Å². The number of aryl methyl sites for hydroxylation is 1. The number of nitrogens with two attached hydrogens (primary N) is 1. The molecule has 0 amide bonds. The van der Waals surface area contributed by atoms with E-state index in [-0.39, 0.29) is 15.7 Å². The monoisotopic (exact) mass is 420 g/mol. The molecule has 0 atom stereocenters. The molecule has 2 aromatic rings. The van der Waals surface area contributed by atoms with Crippen molar-refractivity contribution in [1.29, 1.82) is 0 Å². The van der Waals surface area contributed by atoms with Crippen molar-refractivity contribution in [2.45, 2.75) is 17.6 Å². The van der Waals surface area contributed by atoms with Crippen molar-refractivity contribution in [3.63, 3.8) is 0 Å². The molecule has 0 fully saturated rings. The quantitative estimate of drug-likeness (QED) is 0.567. The van der Waals surface area contributed by atoms with Crippen molar-refractivity contribution in [2.24, 2.45) is 5.73 Å². The lowest BCUT2D eigenvalue weighted by Crippen LogP contribution is -2.23. The summed E-state index contributed by atoms with van der Waals surface area (Å²) in [5.74, 6) is 1.61. The Balaban J connectivity index is 1.85. The molecule has 0 aliphatic carbocycles. The number of thioether (sulfide) groups is 1. The first-order valence-electron chi connectivity index (χ1n) is 7.27. The maximum absolute atomic E-state index is 12.3. The smallest absolute Gasteiger partial charge is 0.203 e. The van der Waals surface area contributed by atoms with E-state index in [0.717, 1.165) is 28.3 Å². The number of benzene rings is 1. The molecule has 1 aromatic heterocycles. The van der Waals surface area contributed by atoms with E-state index >= 15 is 0 Å². The molecule has 0 aliphatic rings. The molecular formula is C15H18Cl2N4O2S2. The summed E-state index contributed by atoms with van der Waals surface area (Å²) >= 11 is 13.3. The number of hydrogen-bond acceptors (Lipinski definition) is 6. The first-order valence-corrected chi connectivity index (χ1v) is 10.7. The van der Waals surface area contributed by atoms with Crippen molar-refractivity contribution in [1.82, 2.24) is 15.3 Å². The van der Waals surface area contributed by atoms with E-state index in [9.17, 15) is 8.42 Å². The summed E-state index contributed by atoms with van der Waals surface area (Å²) in [4.78, 5) is 7.27. The van der Waals surface area contributed by atoms with Gasteiger partial charge in [0.2, 0.25) is 9.84 Å². The highest BCUT2D eigenvalue weighted by Crippen LogP contribution is 2.25. The number of aromatic amines is 1. The minimum atomic E-state index is -3.70. The summed E-state index contributed by atoms with van der Waals surface area (Å²) in [6.45, 7) is 2.50. The number of hydrogen-bond donors (Lipinski definition) is 3. The summed E-state index contributed by atoms with van der Waals surface area (Å²) in [5.41, 5.74) is 7.81. The minimum absolute atomic E-state index is 0.0371. The summed E-state index contributed by atoms with van der Waals surface area (Å²) in [7, 11) is -3.70. The summed E-state index contributed by atoms with van der Waals surface area (Å²) < 4.78 is 24.5. The average molecular weight is 421 g/mol. The van der Waals surface area contributed by atoms with Gasteiger partial charge in [0.05, 0.1) is 32.4 Å². The second-order valence-electron chi connectivity index (χ2n) is 5.15. The third-order valence-corrected chi connectivity index (χ3v) is 6.43. The molecule has 0 aliphatic heterocycles. The van der Waals surface area contributed by atoms with Crippen molar-refractivity contribution >= 4 is 44.8 Å². The van der Waals surface area contributed by atoms with Gasteiger partial charge in [-0.15, -0.1) is 0 Å². The van der Waals surface area contributed by atoms with Crippen LogP contribution >= 0.6 is 35.0 Å². The predicted molar refractivity (Wildman–Crippen MR) is 103 cm³/mol. The summed E-state index contributed by atoms with van der Waals surface area (Å²) in [6, 6.07) is 4.11. The number of sulfone groups is 1. The van der Waals surface area contributed by atoms with Crippen molar-refractivity contribution in [3.8, 4) is 0 Å². The van der Waals surface area contributed by atoms with Crippen LogP contribution < -0.4 is 11.1 Å². The maximum Gasteiger partial charge on any atom is 0.203 e. The lowest BCUT2D eigenvalue weighted by Gasteiger charge is -2.07. The summed E-state index contributed by atoms with van der Waals surface area (Å²) in [5, 5.41) is 4.33. The molecule has 2 rings (SSSR count). The molecule has 1 heterocycles. The Hall–Kier alpha value is -1.35. The Morgan fingerprint density at radius 3 is 2.80 bits per heavy atom. The molecule has 0 saturated heterocycles. The van der Waals surface area contributed by atoms with Crippen LogP contribution in [0, 0.1) is 6.92 Å². The summed E-state index contributed by atoms with van der Waals surface area (Å²) in [6.07, 6.45) is 1.66. The van der Waals surface area contributed by atoms with Crippen LogP contribution in [0.5, 0.6) is 0 Å². The Bertz CT molecular complexity index is 866. The van der Waals surface area contributed by atoms with E-state index < -0.39 is 9.84 Å². The topological polar surface area (TPSA) is 101 Å². The predicted octanol–water partition coefficient (Wildman–Crippen LogP) is 3.08. The van der Waals surface area contributed by atoms with Crippen LogP contribution in [-0.2, 0) is 15.6 Å². The van der Waals surface area contributed by atoms with Gasteiger partial charge < -0.3 is 16.0 Å². The maximum atomic E-state index is 12.3. The normalized spacial score (nSPS) is 12.4. The van der Waals surface area contributed by atoms with Crippen LogP contribution in [0.1, 0.15) is 11.4 Å². The van der Waals surface area contributed by atoms with Gasteiger partial charge in [0.15, 0.2) is 0 Å². The number of H-pyrrole nitrogens is 1. The van der Waals surface area contributed by atoms with Crippen LogP contribution in [0.2, 0.25) is 10.0 Å². The third-order valence-electron chi connectivity index (χ3n) is 3.25. The Morgan fingerprint density at radius 1 is 1.40 bits per heavy atom. The highest BCUT2D eigenvalue weighted by molar-refractivity contribution is 7.98. The number of rotatable bonds is 8. The van der Waals surface area contributed by atoms with Gasteiger partial charge in [0.1, 0.15) is 5.82 Å². The van der Waals surface area contributed by atoms with Crippen molar-refractivity contribution in [2.75, 3.05) is 12.3 Å². The van der Waals surface area contributed by atoms with E-state index in [1.54, 1.807) is 18.1 Å². The van der Waals surface area contributed by atoms with Gasteiger partial charge in [-0.05, 0) is 25.1 Å². The molecular weight excluding hydrogens is 403 g/mol. The van der Waals surface area contributed by atoms with Gasteiger partial charge in [0.25, 0.3) is 0 Å². The fourth-order valence-corrected chi connectivity index (χ4v) is 4.23.